The maximum absolute atomic E-state index is 2.74. The van der Waals surface area contributed by atoms with Gasteiger partial charge in [0, 0.05) is 0 Å². The zero-order valence-corrected chi connectivity index (χ0v) is 17.2. The summed E-state index contributed by atoms with van der Waals surface area (Å²) in [5.74, 6) is 0. The molecule has 0 aliphatic carbocycles. The standard InChI is InChI=1S/C6H5.3C4H9.Sn/c1-2-4-6-5-3-1;3*1-4(2)3;/h1-5H;3*1-3H3;. The summed E-state index contributed by atoms with van der Waals surface area (Å²) in [6.07, 6.45) is 0. The van der Waals surface area contributed by atoms with Crippen LogP contribution in [0.15, 0.2) is 30.3 Å². The zero-order valence-electron chi connectivity index (χ0n) is 14.4. The first-order valence-corrected chi connectivity index (χ1v) is 13.1. The molecule has 0 fully saturated rings. The summed E-state index contributed by atoms with van der Waals surface area (Å²) >= 11 is -2.74. The van der Waals surface area contributed by atoms with Gasteiger partial charge in [0.2, 0.25) is 0 Å². The van der Waals surface area contributed by atoms with Gasteiger partial charge in [0.25, 0.3) is 0 Å². The Morgan fingerprint density at radius 2 is 0.895 bits per heavy atom. The molecule has 0 aliphatic rings. The average molecular weight is 367 g/mol. The van der Waals surface area contributed by atoms with Crippen molar-refractivity contribution in [1.82, 2.24) is 0 Å². The van der Waals surface area contributed by atoms with Crippen molar-refractivity contribution in [2.75, 3.05) is 0 Å². The van der Waals surface area contributed by atoms with E-state index in [9.17, 15) is 0 Å². The van der Waals surface area contributed by atoms with Crippen LogP contribution in [0.2, 0.25) is 10.3 Å². The third kappa shape index (κ3) is 2.75. The molecule has 0 saturated heterocycles. The van der Waals surface area contributed by atoms with E-state index in [1.165, 1.54) is 0 Å². The van der Waals surface area contributed by atoms with E-state index in [-0.39, 0.29) is 0 Å². The average Bonchev–Trinajstić information content (AvgIpc) is 2.12. The van der Waals surface area contributed by atoms with Crippen molar-refractivity contribution in [2.24, 2.45) is 0 Å². The van der Waals surface area contributed by atoms with E-state index in [0.717, 1.165) is 0 Å². The first kappa shape index (κ1) is 17.1. The first-order chi connectivity index (χ1) is 8.36. The Morgan fingerprint density at radius 3 is 1.16 bits per heavy atom. The summed E-state index contributed by atoms with van der Waals surface area (Å²) < 4.78 is 2.86. The summed E-state index contributed by atoms with van der Waals surface area (Å²) in [5.41, 5.74) is 0. The Morgan fingerprint density at radius 1 is 0.579 bits per heavy atom. The van der Waals surface area contributed by atoms with Gasteiger partial charge in [-0.1, -0.05) is 0 Å². The molecule has 0 aliphatic heterocycles. The van der Waals surface area contributed by atoms with Gasteiger partial charge in [-0.3, -0.25) is 0 Å². The maximum atomic E-state index is 2.48. The fraction of sp³-hybridized carbons (Fsp3) is 0.667. The minimum atomic E-state index is -2.74. The van der Waals surface area contributed by atoms with Gasteiger partial charge >= 0.3 is 125 Å². The van der Waals surface area contributed by atoms with Crippen LogP contribution < -0.4 is 3.58 Å². The second-order valence-corrected chi connectivity index (χ2v) is 27.6. The van der Waals surface area contributed by atoms with Gasteiger partial charge in [-0.2, -0.15) is 0 Å². The Kier molecular flexibility index (Phi) is 4.57. The van der Waals surface area contributed by atoms with Crippen LogP contribution in [-0.2, 0) is 0 Å². The van der Waals surface area contributed by atoms with Crippen molar-refractivity contribution in [2.45, 2.75) is 72.6 Å². The molecule has 0 N–H and O–H groups in total. The molecule has 19 heavy (non-hydrogen) atoms. The Balaban J connectivity index is 3.76. The number of hydrogen-bond acceptors (Lipinski definition) is 0. The van der Waals surface area contributed by atoms with Crippen LogP contribution in [0.1, 0.15) is 62.3 Å². The molecule has 108 valence electrons. The molecule has 1 aromatic carbocycles. The van der Waals surface area contributed by atoms with E-state index >= 15 is 0 Å². The van der Waals surface area contributed by atoms with Crippen LogP contribution in [0.25, 0.3) is 0 Å². The van der Waals surface area contributed by atoms with E-state index in [1.54, 1.807) is 3.58 Å². The summed E-state index contributed by atoms with van der Waals surface area (Å²) in [7, 11) is 0. The molecule has 0 aromatic heterocycles. The van der Waals surface area contributed by atoms with Gasteiger partial charge in [0.05, 0.1) is 0 Å². The van der Waals surface area contributed by atoms with Crippen LogP contribution in [0.4, 0.5) is 0 Å². The molecule has 0 bridgehead atoms. The van der Waals surface area contributed by atoms with Crippen LogP contribution in [0.5, 0.6) is 0 Å². The fourth-order valence-electron chi connectivity index (χ4n) is 5.36. The van der Waals surface area contributed by atoms with Crippen molar-refractivity contribution in [3.8, 4) is 0 Å². The van der Waals surface area contributed by atoms with Gasteiger partial charge in [-0.05, 0) is 0 Å². The number of rotatable bonds is 1. The molecule has 1 heteroatoms. The summed E-state index contributed by atoms with van der Waals surface area (Å²) in [6.45, 7) is 22.3. The molecule has 0 heterocycles. The Hall–Kier alpha value is 0.0187. The molecule has 0 unspecified atom stereocenters. The van der Waals surface area contributed by atoms with Crippen LogP contribution >= 0.6 is 0 Å². The third-order valence-corrected chi connectivity index (χ3v) is 27.3. The van der Waals surface area contributed by atoms with Crippen LogP contribution in [0.3, 0.4) is 0 Å². The van der Waals surface area contributed by atoms with Gasteiger partial charge in [0.15, 0.2) is 0 Å². The predicted octanol–water partition coefficient (Wildman–Crippen LogP) is 5.74. The quantitative estimate of drug-likeness (QED) is 0.555. The Labute approximate surface area is 124 Å². The molecular formula is C18H32Sn. The van der Waals surface area contributed by atoms with E-state index < -0.39 is 18.4 Å². The molecule has 0 nitrogen and oxygen atoms in total. The molecule has 0 amide bonds. The van der Waals surface area contributed by atoms with Crippen molar-refractivity contribution in [1.29, 1.82) is 0 Å². The molecule has 0 spiro atoms. The van der Waals surface area contributed by atoms with E-state index in [2.05, 4.69) is 92.6 Å². The zero-order chi connectivity index (χ0) is 15.1. The van der Waals surface area contributed by atoms with Gasteiger partial charge < -0.3 is 0 Å². The van der Waals surface area contributed by atoms with Crippen LogP contribution in [0, 0.1) is 0 Å². The SMILES string of the molecule is C[C](C)(C)[Sn]([c]1ccccc1)([C](C)(C)C)[C](C)(C)C. The number of hydrogen-bond donors (Lipinski definition) is 0. The molecular weight excluding hydrogens is 335 g/mol. The van der Waals surface area contributed by atoms with Crippen molar-refractivity contribution in [3.63, 3.8) is 0 Å². The summed E-state index contributed by atoms with van der Waals surface area (Å²) in [6, 6.07) is 11.4. The molecule has 1 rings (SSSR count). The normalized spacial score (nSPS) is 14.6. The van der Waals surface area contributed by atoms with E-state index in [4.69, 9.17) is 0 Å². The fourth-order valence-corrected chi connectivity index (χ4v) is 34.0. The summed E-state index contributed by atoms with van der Waals surface area (Å²) in [5, 5.41) is 0. The number of benzene rings is 1. The third-order valence-electron chi connectivity index (χ3n) is 4.58. The van der Waals surface area contributed by atoms with Crippen molar-refractivity contribution in [3.05, 3.63) is 30.3 Å². The van der Waals surface area contributed by atoms with Gasteiger partial charge in [-0.15, -0.1) is 0 Å². The van der Waals surface area contributed by atoms with Gasteiger partial charge in [-0.25, -0.2) is 0 Å². The molecule has 1 aromatic rings. The molecule has 0 saturated carbocycles. The van der Waals surface area contributed by atoms with Gasteiger partial charge in [0.1, 0.15) is 0 Å². The molecule has 0 atom stereocenters. The second kappa shape index (κ2) is 5.09. The molecule has 0 radical (unpaired) electrons. The van der Waals surface area contributed by atoms with E-state index in [0.29, 0.717) is 10.3 Å². The van der Waals surface area contributed by atoms with Crippen LogP contribution in [-0.4, -0.2) is 18.4 Å². The Bertz CT molecular complexity index is 374. The predicted molar refractivity (Wildman–Crippen MR) is 91.0 cm³/mol. The first-order valence-electron chi connectivity index (χ1n) is 7.41. The van der Waals surface area contributed by atoms with E-state index in [1.807, 2.05) is 0 Å². The summed E-state index contributed by atoms with van der Waals surface area (Å²) in [4.78, 5) is 0. The minimum absolute atomic E-state index is 0.395. The second-order valence-electron chi connectivity index (χ2n) is 8.87. The van der Waals surface area contributed by atoms with Crippen molar-refractivity contribution >= 4 is 22.0 Å². The monoisotopic (exact) mass is 368 g/mol. The van der Waals surface area contributed by atoms with Crippen molar-refractivity contribution < 1.29 is 0 Å². The topological polar surface area (TPSA) is 0 Å².